The van der Waals surface area contributed by atoms with Gasteiger partial charge in [-0.15, -0.1) is 11.3 Å². The molecule has 3 atom stereocenters. The van der Waals surface area contributed by atoms with E-state index >= 15 is 171 Å². The largest absolute Gasteiger partial charge is 0.477 e. The van der Waals surface area contributed by atoms with E-state index in [1.54, 1.807) is 0 Å². The fourth-order valence-corrected chi connectivity index (χ4v) is 16.3. The van der Waals surface area contributed by atoms with Crippen LogP contribution in [-0.2, 0) is 59.1 Å². The molecule has 6 aromatic carbocycles. The van der Waals surface area contributed by atoms with Crippen LogP contribution in [0.5, 0.6) is 0 Å². The van der Waals surface area contributed by atoms with Gasteiger partial charge < -0.3 is 15.0 Å². The molecular formula is C67H29F39N10O2S+2. The molecule has 9 aromatic rings. The van der Waals surface area contributed by atoms with Gasteiger partial charge in [0.2, 0.25) is 17.5 Å². The molecule has 636 valence electrons. The highest BCUT2D eigenvalue weighted by Crippen LogP contribution is 2.67. The van der Waals surface area contributed by atoms with Crippen LogP contribution in [0.2, 0.25) is 0 Å². The molecule has 4 aliphatic rings. The molecule has 3 unspecified atom stereocenters. The summed E-state index contributed by atoms with van der Waals surface area (Å²) < 4.78 is 642. The van der Waals surface area contributed by atoms with Crippen molar-refractivity contribution >= 4 is 106 Å². The lowest BCUT2D eigenvalue weighted by Crippen LogP contribution is -2.53. The number of carbonyl (C=O) groups is 1. The number of carboxylic acid groups (broad SMARTS) is 1. The zero-order valence-corrected chi connectivity index (χ0v) is 58.0. The Balaban J connectivity index is 1.54. The van der Waals surface area contributed by atoms with Gasteiger partial charge in [-0.25, -0.2) is 31.1 Å². The van der Waals surface area contributed by atoms with Gasteiger partial charge >= 0.3 is 102 Å². The smallest absolute Gasteiger partial charge is 0.435 e. The summed E-state index contributed by atoms with van der Waals surface area (Å²) in [5, 5.41) is -2.70. The van der Waals surface area contributed by atoms with E-state index in [-0.39, 0.29) is 85.4 Å². The molecule has 3 N–H and O–H groups in total. The first-order valence-electron chi connectivity index (χ1n) is 31.8. The summed E-state index contributed by atoms with van der Waals surface area (Å²) in [7, 11) is -0.276. The summed E-state index contributed by atoms with van der Waals surface area (Å²) in [6.07, 6.45) is -90.1. The van der Waals surface area contributed by atoms with Crippen LogP contribution in [0.25, 0.3) is 59.3 Å². The van der Waals surface area contributed by atoms with Gasteiger partial charge in [-0.2, -0.15) is 160 Å². The monoisotopic (exact) mass is 1780 g/mol. The average Bonchev–Trinajstić information content (AvgIpc) is 1.54. The van der Waals surface area contributed by atoms with Gasteiger partial charge in [0.05, 0.1) is 32.3 Å². The Morgan fingerprint density at radius 3 is 1.22 bits per heavy atom. The first kappa shape index (κ1) is 85.9. The third-order valence-electron chi connectivity index (χ3n) is 20.2. The molecule has 7 heterocycles. The van der Waals surface area contributed by atoms with Gasteiger partial charge in [-0.1, -0.05) is 82.2 Å². The number of anilines is 1. The number of benzene rings is 6. The van der Waals surface area contributed by atoms with Gasteiger partial charge in [-0.05, 0) is 57.8 Å². The molecule has 52 heteroatoms. The molecule has 0 spiro atoms. The average molecular weight is 1780 g/mol. The minimum absolute atomic E-state index is 0.0337. The summed E-state index contributed by atoms with van der Waals surface area (Å²) in [6.45, 7) is -1.67. The minimum Gasteiger partial charge on any atom is -0.477 e. The second kappa shape index (κ2) is 25.1. The molecule has 6 bridgehead atoms. The number of aliphatic imine (C=N–C) groups is 1. The molecular weight excluding hydrogens is 1750 g/mol. The first-order valence-corrected chi connectivity index (χ1v) is 32.6. The maximum atomic E-state index is 18.6. The number of rotatable bonds is 8. The van der Waals surface area contributed by atoms with E-state index in [9.17, 15) is 15.2 Å². The van der Waals surface area contributed by atoms with E-state index in [2.05, 4.69) is 15.0 Å². The number of alkyl halides is 39. The van der Waals surface area contributed by atoms with Crippen LogP contribution in [0.3, 0.4) is 0 Å². The van der Waals surface area contributed by atoms with Crippen molar-refractivity contribution in [2.75, 3.05) is 5.32 Å². The number of thiophene rings is 1. The Kier molecular flexibility index (Phi) is 18.1. The van der Waals surface area contributed by atoms with Crippen molar-refractivity contribution in [2.45, 2.75) is 122 Å². The number of hydrogen-bond acceptors (Lipinski definition) is 8. The third kappa shape index (κ3) is 11.3. The summed E-state index contributed by atoms with van der Waals surface area (Å²) in [5.41, 5.74) is -84.2. The van der Waals surface area contributed by atoms with Crippen LogP contribution in [-0.4, -0.2) is 109 Å². The van der Waals surface area contributed by atoms with Gasteiger partial charge in [0, 0.05) is 68.1 Å². The van der Waals surface area contributed by atoms with Gasteiger partial charge in [0.15, 0.2) is 5.49 Å². The zero-order chi connectivity index (χ0) is 89.4. The van der Waals surface area contributed by atoms with Crippen molar-refractivity contribution in [3.05, 3.63) is 155 Å². The number of aliphatic carboxylic acids is 1. The number of nitrogens with one attached hydrogen (secondary N) is 2. The minimum atomic E-state index is -8.13. The topological polar surface area (TPSA) is 138 Å². The Morgan fingerprint density at radius 2 is 0.815 bits per heavy atom. The van der Waals surface area contributed by atoms with Crippen molar-refractivity contribution in [3.63, 3.8) is 0 Å². The molecule has 4 aliphatic heterocycles. The lowest BCUT2D eigenvalue weighted by Gasteiger charge is -2.36. The molecule has 0 saturated carbocycles. The van der Waals surface area contributed by atoms with Crippen molar-refractivity contribution < 1.29 is 190 Å². The number of aromatic nitrogens is 2. The molecule has 0 radical (unpaired) electrons. The number of nitriles is 1. The Bertz CT molecular complexity index is 6230. The van der Waals surface area contributed by atoms with Crippen LogP contribution in [0, 0.1) is 11.3 Å². The summed E-state index contributed by atoms with van der Waals surface area (Å²) >= 11 is -0.819. The summed E-state index contributed by atoms with van der Waals surface area (Å²) in [6, 6.07) is -1.01. The molecule has 0 amide bonds. The number of hydrogen-bond donors (Lipinski definition) is 3. The summed E-state index contributed by atoms with van der Waals surface area (Å²) in [4.78, 5) is 21.3. The summed E-state index contributed by atoms with van der Waals surface area (Å²) in [5.74, 6) is -17.1. The van der Waals surface area contributed by atoms with E-state index in [1.807, 2.05) is 0 Å². The maximum Gasteiger partial charge on any atom is 0.435 e. The molecule has 119 heavy (non-hydrogen) atoms. The number of hydrazine groups is 2. The number of nitrogens with zero attached hydrogens (tertiary/aromatic N) is 8. The highest BCUT2D eigenvalue weighted by atomic mass is 32.1. The van der Waals surface area contributed by atoms with Gasteiger partial charge in [0.25, 0.3) is 17.2 Å². The lowest BCUT2D eigenvalue weighted by atomic mass is 9.76. The third-order valence-corrected chi connectivity index (χ3v) is 21.3. The van der Waals surface area contributed by atoms with E-state index in [1.165, 1.54) is 10.9 Å². The highest BCUT2D eigenvalue weighted by Gasteiger charge is 2.81. The Hall–Kier alpha value is -10.9. The van der Waals surface area contributed by atoms with E-state index < -0.39 is 330 Å². The van der Waals surface area contributed by atoms with Crippen LogP contribution >= 0.6 is 11.3 Å². The second-order valence-corrected chi connectivity index (χ2v) is 28.0. The van der Waals surface area contributed by atoms with Crippen molar-refractivity contribution in [1.29, 1.82) is 5.26 Å². The normalized spacial score (nSPS) is 17.6. The fraction of sp³-hybridized carbons (Fsp3) is 0.328. The molecule has 0 fully saturated rings. The predicted molar refractivity (Wildman–Crippen MR) is 331 cm³/mol. The first-order chi connectivity index (χ1) is 53.8. The molecule has 0 saturated heterocycles. The predicted octanol–water partition coefficient (Wildman–Crippen LogP) is 21.0. The van der Waals surface area contributed by atoms with E-state index in [0.29, 0.717) is 0 Å². The lowest BCUT2D eigenvalue weighted by molar-refractivity contribution is -0.786. The second-order valence-electron chi connectivity index (χ2n) is 26.9. The van der Waals surface area contributed by atoms with Gasteiger partial charge in [-0.3, -0.25) is 4.57 Å². The number of hydrazone groups is 2. The van der Waals surface area contributed by atoms with Crippen LogP contribution < -0.4 is 21.8 Å². The number of fused-ring (bicyclic) bond motifs is 19. The standard InChI is InChI=1S/C67H27F39N10O2S/c1-51(68,58(77,78)79)34-20-11-5-7-13-22(20)36(53(70,60(83,84)85)61(86,87)88)29-27(34)42-108-47-31-32(39(56(73,66(101,102)103)67(104,105)106)25-16-10-9-15-24(25)38(31)55(72,64(95,96)97)65(98,99)100)48-110-44-33-40(57(74,75)76)26(17-19(18-107)50(117)118)119-41(33)49(114(44)4)111-45-28-30(46(109-43(29)113(42)3)115(45)112-116(47)48)37(54(71,62(89,90)91)63(92,93)94)23-14-8-6-12-21(23)35(28)52(2,69)59(80,81)82/h5-17,47H,1-4H3,(H-,108,111,112,117,118)/p+2. The van der Waals surface area contributed by atoms with E-state index in [4.69, 9.17) is 0 Å². The van der Waals surface area contributed by atoms with Crippen molar-refractivity contribution in [3.8, 4) is 6.07 Å². The van der Waals surface area contributed by atoms with Crippen LogP contribution in [0.1, 0.15) is 86.1 Å². The maximum absolute atomic E-state index is 18.6. The molecule has 3 aromatic heterocycles. The Labute approximate surface area is 632 Å². The van der Waals surface area contributed by atoms with Crippen molar-refractivity contribution in [1.82, 2.24) is 14.7 Å². The van der Waals surface area contributed by atoms with Crippen molar-refractivity contribution in [2.24, 2.45) is 29.1 Å². The highest BCUT2D eigenvalue weighted by molar-refractivity contribution is 7.20. The molecule has 12 nitrogen and oxygen atoms in total. The molecule has 0 aliphatic carbocycles. The quantitative estimate of drug-likeness (QED) is 0.0602. The Morgan fingerprint density at radius 1 is 0.445 bits per heavy atom. The SMILES string of the molecule is Cn1c2c3c(C(F)(C(F)(F)F)C(F)(F)F)c4ccccc4c(C(C)(F)C(F)(F)F)c3c1NC1c3c(c(C(F)(C(F)(F)F)C(F)(F)F)c4ccccc4c3C(F)(C(F)(F)F)C(F)(F)F)C3=[N+]1N[N+]1=C(N=c4c5sc(C=C(C#N)C(=O)O)c(C(F)(F)F)c5c(n4C)=N3)c3c(c(C(F)(C(F)(F)F)C(F)(F)F)c4ccccc4c3C(C)(F)C(F)(F)F)C1=N2. The van der Waals surface area contributed by atoms with Gasteiger partial charge in [0.1, 0.15) is 28.8 Å². The number of halogens is 39. The van der Waals surface area contributed by atoms with Crippen LogP contribution in [0.15, 0.2) is 93.3 Å². The number of carboxylic acids is 1. The number of amidine groups is 3. The van der Waals surface area contributed by atoms with E-state index in [0.717, 1.165) is 6.07 Å². The zero-order valence-electron chi connectivity index (χ0n) is 57.2. The van der Waals surface area contributed by atoms with Crippen LogP contribution in [0.4, 0.5) is 183 Å². The fourth-order valence-electron chi connectivity index (χ4n) is 15.0. The molecule has 13 rings (SSSR count).